The van der Waals surface area contributed by atoms with Crippen LogP contribution in [0.1, 0.15) is 28.4 Å². The standard InChI is InChI=1S/C24H20F3N7O2/c1-14-6-7-18(32-22(36)16-4-3-5-17(10-16)24(25,26)27)11-19(14)33-23-28-8-9-34(23)21-12-20(29-13-30-21)31-15(2)35/h3-13H,1-2H3,(H,28,33)(H,32,36)(H,29,30,31,35). The lowest BCUT2D eigenvalue weighted by Crippen LogP contribution is -2.14. The molecule has 36 heavy (non-hydrogen) atoms. The molecule has 3 N–H and O–H groups in total. The van der Waals surface area contributed by atoms with Gasteiger partial charge in [0, 0.05) is 42.3 Å². The zero-order valence-corrected chi connectivity index (χ0v) is 19.1. The maximum atomic E-state index is 13.0. The molecule has 0 unspecified atom stereocenters. The first-order valence-corrected chi connectivity index (χ1v) is 10.6. The highest BCUT2D eigenvalue weighted by atomic mass is 19.4. The second-order valence-electron chi connectivity index (χ2n) is 7.75. The number of carbonyl (C=O) groups excluding carboxylic acids is 2. The Morgan fingerprint density at radius 2 is 1.78 bits per heavy atom. The number of nitrogens with one attached hydrogen (secondary N) is 3. The fourth-order valence-electron chi connectivity index (χ4n) is 3.30. The van der Waals surface area contributed by atoms with Crippen LogP contribution in [0.5, 0.6) is 0 Å². The molecule has 9 nitrogen and oxygen atoms in total. The summed E-state index contributed by atoms with van der Waals surface area (Å²) in [6.07, 6.45) is -0.0285. The van der Waals surface area contributed by atoms with Crippen molar-refractivity contribution in [2.24, 2.45) is 0 Å². The molecule has 0 aliphatic rings. The Hall–Kier alpha value is -4.74. The second-order valence-corrected chi connectivity index (χ2v) is 7.75. The van der Waals surface area contributed by atoms with Gasteiger partial charge in [-0.05, 0) is 42.8 Å². The average Bonchev–Trinajstić information content (AvgIpc) is 3.29. The number of aromatic nitrogens is 4. The van der Waals surface area contributed by atoms with E-state index in [0.29, 0.717) is 29.0 Å². The zero-order valence-electron chi connectivity index (χ0n) is 19.1. The van der Waals surface area contributed by atoms with E-state index in [4.69, 9.17) is 0 Å². The number of hydrogen-bond acceptors (Lipinski definition) is 6. The molecule has 0 aliphatic heterocycles. The Kier molecular flexibility index (Phi) is 6.68. The molecule has 0 saturated heterocycles. The first kappa shape index (κ1) is 24.4. The lowest BCUT2D eigenvalue weighted by atomic mass is 10.1. The van der Waals surface area contributed by atoms with E-state index in [0.717, 1.165) is 17.7 Å². The van der Waals surface area contributed by atoms with Gasteiger partial charge in [0.1, 0.15) is 18.0 Å². The van der Waals surface area contributed by atoms with E-state index in [-0.39, 0.29) is 11.5 Å². The van der Waals surface area contributed by atoms with Gasteiger partial charge in [0.2, 0.25) is 11.9 Å². The zero-order chi connectivity index (χ0) is 25.9. The second kappa shape index (κ2) is 9.86. The molecule has 0 radical (unpaired) electrons. The highest BCUT2D eigenvalue weighted by Crippen LogP contribution is 2.30. The predicted molar refractivity (Wildman–Crippen MR) is 127 cm³/mol. The van der Waals surface area contributed by atoms with E-state index in [2.05, 4.69) is 30.9 Å². The highest BCUT2D eigenvalue weighted by Gasteiger charge is 2.30. The van der Waals surface area contributed by atoms with Crippen LogP contribution in [0.3, 0.4) is 0 Å². The predicted octanol–water partition coefficient (Wildman–Crippen LogP) is 4.94. The van der Waals surface area contributed by atoms with Crippen LogP contribution < -0.4 is 16.0 Å². The minimum Gasteiger partial charge on any atom is -0.325 e. The lowest BCUT2D eigenvalue weighted by molar-refractivity contribution is -0.137. The first-order valence-electron chi connectivity index (χ1n) is 10.6. The van der Waals surface area contributed by atoms with Crippen molar-refractivity contribution in [3.63, 3.8) is 0 Å². The summed E-state index contributed by atoms with van der Waals surface area (Å²) in [6, 6.07) is 10.8. The molecular formula is C24H20F3N7O2. The number of anilines is 4. The number of amides is 2. The largest absolute Gasteiger partial charge is 0.416 e. The van der Waals surface area contributed by atoms with E-state index < -0.39 is 17.6 Å². The van der Waals surface area contributed by atoms with Gasteiger partial charge < -0.3 is 16.0 Å². The lowest BCUT2D eigenvalue weighted by Gasteiger charge is -2.14. The molecule has 2 aromatic carbocycles. The SMILES string of the molecule is CC(=O)Nc1cc(-n2ccnc2Nc2cc(NC(=O)c3cccc(C(F)(F)F)c3)ccc2C)ncn1. The summed E-state index contributed by atoms with van der Waals surface area (Å²) >= 11 is 0. The number of alkyl halides is 3. The maximum Gasteiger partial charge on any atom is 0.416 e. The minimum atomic E-state index is -4.55. The van der Waals surface area contributed by atoms with Crippen LogP contribution >= 0.6 is 0 Å². The number of nitrogens with zero attached hydrogens (tertiary/aromatic N) is 4. The smallest absolute Gasteiger partial charge is 0.325 e. The molecule has 12 heteroatoms. The molecule has 4 aromatic rings. The van der Waals surface area contributed by atoms with E-state index >= 15 is 0 Å². The molecule has 4 rings (SSSR count). The Bertz CT molecular complexity index is 1430. The molecule has 184 valence electrons. The Balaban J connectivity index is 1.56. The monoisotopic (exact) mass is 495 g/mol. The van der Waals surface area contributed by atoms with E-state index in [1.807, 2.05) is 6.92 Å². The van der Waals surface area contributed by atoms with E-state index in [9.17, 15) is 22.8 Å². The van der Waals surface area contributed by atoms with Crippen molar-refractivity contribution < 1.29 is 22.8 Å². The van der Waals surface area contributed by atoms with Gasteiger partial charge in [-0.25, -0.2) is 15.0 Å². The average molecular weight is 495 g/mol. The Morgan fingerprint density at radius 1 is 0.972 bits per heavy atom. The summed E-state index contributed by atoms with van der Waals surface area (Å²) in [5.41, 5.74) is 0.774. The van der Waals surface area contributed by atoms with Crippen molar-refractivity contribution in [1.82, 2.24) is 19.5 Å². The minimum absolute atomic E-state index is 0.116. The van der Waals surface area contributed by atoms with Crippen molar-refractivity contribution in [1.29, 1.82) is 0 Å². The number of rotatable bonds is 6. The molecule has 0 bridgehead atoms. The van der Waals surface area contributed by atoms with Gasteiger partial charge in [0.05, 0.1) is 5.56 Å². The normalized spacial score (nSPS) is 11.1. The number of hydrogen-bond donors (Lipinski definition) is 3. The van der Waals surface area contributed by atoms with Crippen molar-refractivity contribution in [3.05, 3.63) is 83.9 Å². The first-order chi connectivity index (χ1) is 17.1. The summed E-state index contributed by atoms with van der Waals surface area (Å²) in [4.78, 5) is 36.4. The third kappa shape index (κ3) is 5.66. The van der Waals surface area contributed by atoms with Crippen LogP contribution in [0.4, 0.5) is 36.3 Å². The summed E-state index contributed by atoms with van der Waals surface area (Å²) in [7, 11) is 0. The maximum absolute atomic E-state index is 13.0. The number of halogens is 3. The molecular weight excluding hydrogens is 475 g/mol. The fourth-order valence-corrected chi connectivity index (χ4v) is 3.30. The van der Waals surface area contributed by atoms with Gasteiger partial charge in [-0.2, -0.15) is 13.2 Å². The molecule has 0 aliphatic carbocycles. The van der Waals surface area contributed by atoms with Crippen molar-refractivity contribution in [2.45, 2.75) is 20.0 Å². The van der Waals surface area contributed by atoms with Crippen LogP contribution in [0.25, 0.3) is 5.82 Å². The van der Waals surface area contributed by atoms with Crippen LogP contribution in [0.2, 0.25) is 0 Å². The number of carbonyl (C=O) groups is 2. The van der Waals surface area contributed by atoms with Gasteiger partial charge >= 0.3 is 6.18 Å². The van der Waals surface area contributed by atoms with Crippen molar-refractivity contribution >= 4 is 35.0 Å². The fraction of sp³-hybridized carbons (Fsp3) is 0.125. The van der Waals surface area contributed by atoms with Gasteiger partial charge in [-0.3, -0.25) is 14.2 Å². The van der Waals surface area contributed by atoms with Crippen LogP contribution in [-0.4, -0.2) is 31.3 Å². The van der Waals surface area contributed by atoms with Gasteiger partial charge in [0.15, 0.2) is 0 Å². The summed E-state index contributed by atoms with van der Waals surface area (Å²) in [6.45, 7) is 3.21. The molecule has 0 fully saturated rings. The van der Waals surface area contributed by atoms with Gasteiger partial charge in [0.25, 0.3) is 5.91 Å². The van der Waals surface area contributed by atoms with Gasteiger partial charge in [-0.1, -0.05) is 12.1 Å². The summed E-state index contributed by atoms with van der Waals surface area (Å²) in [5, 5.41) is 8.38. The van der Waals surface area contributed by atoms with E-state index in [1.54, 1.807) is 41.2 Å². The van der Waals surface area contributed by atoms with E-state index in [1.165, 1.54) is 25.4 Å². The molecule has 2 amide bonds. The third-order valence-electron chi connectivity index (χ3n) is 5.04. The van der Waals surface area contributed by atoms with Crippen LogP contribution in [-0.2, 0) is 11.0 Å². The molecule has 0 spiro atoms. The number of aryl methyl sites for hydroxylation is 1. The Morgan fingerprint density at radius 3 is 2.53 bits per heavy atom. The number of imidazole rings is 1. The quantitative estimate of drug-likeness (QED) is 0.349. The molecule has 0 atom stereocenters. The molecule has 2 aromatic heterocycles. The van der Waals surface area contributed by atoms with Crippen molar-refractivity contribution in [2.75, 3.05) is 16.0 Å². The van der Waals surface area contributed by atoms with Crippen LogP contribution in [0, 0.1) is 6.92 Å². The summed E-state index contributed by atoms with van der Waals surface area (Å²) in [5.74, 6) is 0.210. The number of benzene rings is 2. The topological polar surface area (TPSA) is 114 Å². The highest BCUT2D eigenvalue weighted by molar-refractivity contribution is 6.04. The Labute approximate surface area is 203 Å². The van der Waals surface area contributed by atoms with Gasteiger partial charge in [-0.15, -0.1) is 0 Å². The van der Waals surface area contributed by atoms with Crippen molar-refractivity contribution in [3.8, 4) is 5.82 Å². The third-order valence-corrected chi connectivity index (χ3v) is 5.04. The molecule has 2 heterocycles. The van der Waals surface area contributed by atoms with Crippen LogP contribution in [0.15, 0.2) is 67.3 Å². The summed E-state index contributed by atoms with van der Waals surface area (Å²) < 4.78 is 40.6. The molecule has 0 saturated carbocycles.